The Kier molecular flexibility index (Phi) is 6.84. The number of benzene rings is 8. The molecule has 248 valence electrons. The van der Waals surface area contributed by atoms with Crippen molar-refractivity contribution in [3.05, 3.63) is 193 Å². The SMILES string of the molecule is CC1(C)c2ccccc2N2c3ccccc3Oc3c(-c4ccc(N(c5ccc(-c6ccccc6)cc5)c5ccc6ccccc6c5)cc4)ccc1c32. The summed E-state index contributed by atoms with van der Waals surface area (Å²) in [5, 5.41) is 2.44. The third kappa shape index (κ3) is 4.74. The van der Waals surface area contributed by atoms with Crippen molar-refractivity contribution in [2.45, 2.75) is 19.3 Å². The molecule has 0 N–H and O–H groups in total. The minimum atomic E-state index is -0.189. The second-order valence-electron chi connectivity index (χ2n) is 14.2. The third-order valence-corrected chi connectivity index (χ3v) is 10.8. The minimum Gasteiger partial charge on any atom is -0.452 e. The number of nitrogens with zero attached hydrogens (tertiary/aromatic N) is 2. The Balaban J connectivity index is 1.09. The molecule has 0 saturated carbocycles. The van der Waals surface area contributed by atoms with E-state index >= 15 is 0 Å². The normalized spacial score (nSPS) is 13.5. The first-order valence-corrected chi connectivity index (χ1v) is 17.9. The van der Waals surface area contributed by atoms with E-state index in [0.717, 1.165) is 51.1 Å². The molecular formula is C49H36N2O. The summed E-state index contributed by atoms with van der Waals surface area (Å²) in [6.45, 7) is 4.64. The van der Waals surface area contributed by atoms with E-state index in [1.165, 1.54) is 38.7 Å². The number of hydrogen-bond acceptors (Lipinski definition) is 3. The van der Waals surface area contributed by atoms with E-state index in [-0.39, 0.29) is 5.41 Å². The van der Waals surface area contributed by atoms with E-state index in [4.69, 9.17) is 4.74 Å². The molecule has 0 fully saturated rings. The number of hydrogen-bond donors (Lipinski definition) is 0. The molecule has 8 aromatic rings. The van der Waals surface area contributed by atoms with Crippen LogP contribution in [0.25, 0.3) is 33.0 Å². The van der Waals surface area contributed by atoms with Crippen molar-refractivity contribution in [2.75, 3.05) is 9.80 Å². The van der Waals surface area contributed by atoms with Crippen molar-refractivity contribution < 1.29 is 4.74 Å². The van der Waals surface area contributed by atoms with Crippen LogP contribution in [0.5, 0.6) is 11.5 Å². The maximum Gasteiger partial charge on any atom is 0.159 e. The predicted molar refractivity (Wildman–Crippen MR) is 216 cm³/mol. The largest absolute Gasteiger partial charge is 0.452 e. The zero-order valence-electron chi connectivity index (χ0n) is 29.1. The smallest absolute Gasteiger partial charge is 0.159 e. The van der Waals surface area contributed by atoms with Crippen LogP contribution in [0.15, 0.2) is 182 Å². The molecule has 2 heterocycles. The Bertz CT molecular complexity index is 2620. The Morgan fingerprint density at radius 2 is 1.06 bits per heavy atom. The molecule has 0 aliphatic carbocycles. The van der Waals surface area contributed by atoms with Crippen molar-refractivity contribution in [1.29, 1.82) is 0 Å². The highest BCUT2D eigenvalue weighted by atomic mass is 16.5. The van der Waals surface area contributed by atoms with Crippen LogP contribution in [0.2, 0.25) is 0 Å². The van der Waals surface area contributed by atoms with Crippen LogP contribution in [0, 0.1) is 0 Å². The van der Waals surface area contributed by atoms with E-state index in [9.17, 15) is 0 Å². The van der Waals surface area contributed by atoms with Gasteiger partial charge in [0.15, 0.2) is 11.5 Å². The van der Waals surface area contributed by atoms with Crippen LogP contribution in [0.1, 0.15) is 25.0 Å². The summed E-state index contributed by atoms with van der Waals surface area (Å²) in [4.78, 5) is 4.75. The minimum absolute atomic E-state index is 0.189. The topological polar surface area (TPSA) is 15.7 Å². The molecule has 0 bridgehead atoms. The fraction of sp³-hybridized carbons (Fsp3) is 0.0612. The van der Waals surface area contributed by atoms with Crippen LogP contribution >= 0.6 is 0 Å². The van der Waals surface area contributed by atoms with Gasteiger partial charge in [-0.2, -0.15) is 0 Å². The summed E-state index contributed by atoms with van der Waals surface area (Å²) in [5.74, 6) is 1.76. The highest BCUT2D eigenvalue weighted by Gasteiger charge is 2.42. The first kappa shape index (κ1) is 30.3. The van der Waals surface area contributed by atoms with Gasteiger partial charge in [-0.25, -0.2) is 0 Å². The summed E-state index contributed by atoms with van der Waals surface area (Å²) in [6.07, 6.45) is 0. The highest BCUT2D eigenvalue weighted by Crippen LogP contribution is 2.61. The van der Waals surface area contributed by atoms with Gasteiger partial charge in [0.2, 0.25) is 0 Å². The molecular weight excluding hydrogens is 633 g/mol. The van der Waals surface area contributed by atoms with E-state index in [0.29, 0.717) is 0 Å². The Morgan fingerprint density at radius 3 is 1.83 bits per heavy atom. The molecule has 8 aromatic carbocycles. The van der Waals surface area contributed by atoms with Crippen molar-refractivity contribution in [3.63, 3.8) is 0 Å². The quantitative estimate of drug-likeness (QED) is 0.182. The molecule has 0 saturated heterocycles. The summed E-state index contributed by atoms with van der Waals surface area (Å²) in [6, 6.07) is 65.3. The fourth-order valence-corrected chi connectivity index (χ4v) is 8.17. The zero-order chi connectivity index (χ0) is 34.8. The van der Waals surface area contributed by atoms with Gasteiger partial charge in [-0.05, 0) is 93.2 Å². The van der Waals surface area contributed by atoms with Crippen molar-refractivity contribution in [1.82, 2.24) is 0 Å². The molecule has 0 aromatic heterocycles. The number of para-hydroxylation sites is 3. The van der Waals surface area contributed by atoms with Gasteiger partial charge >= 0.3 is 0 Å². The summed E-state index contributed by atoms with van der Waals surface area (Å²) >= 11 is 0. The van der Waals surface area contributed by atoms with Crippen LogP contribution < -0.4 is 14.5 Å². The lowest BCUT2D eigenvalue weighted by Gasteiger charge is -2.45. The second-order valence-corrected chi connectivity index (χ2v) is 14.2. The standard InChI is InChI=1S/C49H36N2O/c1-49(2)42-16-8-9-17-44(42)51-45-18-10-11-19-46(45)52-48-41(30-31-43(49)47(48)51)36-23-27-39(28-24-36)50(40-29-22-34-14-6-7-15-37(34)32-40)38-25-20-35(21-26-38)33-12-4-3-5-13-33/h3-32H,1-2H3. The van der Waals surface area contributed by atoms with Gasteiger partial charge in [-0.3, -0.25) is 0 Å². The van der Waals surface area contributed by atoms with E-state index < -0.39 is 0 Å². The number of fused-ring (bicyclic) bond motifs is 5. The Morgan fingerprint density at radius 1 is 0.462 bits per heavy atom. The second kappa shape index (κ2) is 11.8. The molecule has 2 aliphatic heterocycles. The molecule has 0 atom stereocenters. The molecule has 3 nitrogen and oxygen atoms in total. The first-order chi connectivity index (χ1) is 25.5. The molecule has 0 amide bonds. The average molecular weight is 669 g/mol. The van der Waals surface area contributed by atoms with E-state index in [1.807, 2.05) is 0 Å². The van der Waals surface area contributed by atoms with Crippen molar-refractivity contribution in [2.24, 2.45) is 0 Å². The Labute approximate surface area is 304 Å². The first-order valence-electron chi connectivity index (χ1n) is 17.9. The van der Waals surface area contributed by atoms with Gasteiger partial charge in [-0.15, -0.1) is 0 Å². The monoisotopic (exact) mass is 668 g/mol. The van der Waals surface area contributed by atoms with Gasteiger partial charge in [0.05, 0.1) is 17.1 Å². The summed E-state index contributed by atoms with van der Waals surface area (Å²) < 4.78 is 6.87. The molecule has 10 rings (SSSR count). The van der Waals surface area contributed by atoms with E-state index in [2.05, 4.69) is 206 Å². The lowest BCUT2D eigenvalue weighted by atomic mass is 9.72. The molecule has 0 spiro atoms. The maximum absolute atomic E-state index is 6.87. The van der Waals surface area contributed by atoms with Crippen molar-refractivity contribution >= 4 is 44.9 Å². The number of rotatable bonds is 5. The van der Waals surface area contributed by atoms with Gasteiger partial charge in [0, 0.05) is 28.0 Å². The summed E-state index contributed by atoms with van der Waals surface area (Å²) in [7, 11) is 0. The Hall–Kier alpha value is -6.58. The third-order valence-electron chi connectivity index (χ3n) is 10.8. The predicted octanol–water partition coefficient (Wildman–Crippen LogP) is 13.9. The highest BCUT2D eigenvalue weighted by molar-refractivity contribution is 5.97. The number of ether oxygens (including phenoxy) is 1. The van der Waals surface area contributed by atoms with Crippen molar-refractivity contribution in [3.8, 4) is 33.8 Å². The maximum atomic E-state index is 6.87. The van der Waals surface area contributed by atoms with Gasteiger partial charge in [0.1, 0.15) is 0 Å². The fourth-order valence-electron chi connectivity index (χ4n) is 8.17. The van der Waals surface area contributed by atoms with Crippen LogP contribution in [0.3, 0.4) is 0 Å². The molecule has 52 heavy (non-hydrogen) atoms. The molecule has 0 unspecified atom stereocenters. The van der Waals surface area contributed by atoms with Gasteiger partial charge in [-0.1, -0.05) is 141 Å². The lowest BCUT2D eigenvalue weighted by Crippen LogP contribution is -2.32. The van der Waals surface area contributed by atoms with Gasteiger partial charge < -0.3 is 14.5 Å². The average Bonchev–Trinajstić information content (AvgIpc) is 3.20. The lowest BCUT2D eigenvalue weighted by molar-refractivity contribution is 0.473. The van der Waals surface area contributed by atoms with Gasteiger partial charge in [0.25, 0.3) is 0 Å². The van der Waals surface area contributed by atoms with Crippen LogP contribution in [-0.4, -0.2) is 0 Å². The molecule has 0 radical (unpaired) electrons. The van der Waals surface area contributed by atoms with E-state index in [1.54, 1.807) is 0 Å². The van der Waals surface area contributed by atoms with Crippen LogP contribution in [-0.2, 0) is 5.41 Å². The summed E-state index contributed by atoms with van der Waals surface area (Å²) in [5.41, 5.74) is 13.7. The molecule has 2 aliphatic rings. The molecule has 3 heteroatoms. The zero-order valence-corrected chi connectivity index (χ0v) is 29.1. The number of anilines is 6. The van der Waals surface area contributed by atoms with Crippen LogP contribution in [0.4, 0.5) is 34.1 Å².